The maximum Gasteiger partial charge on any atom is 0.257 e. The van der Waals surface area contributed by atoms with Crippen LogP contribution in [0.4, 0.5) is 15.8 Å². The Labute approximate surface area is 445 Å². The lowest BCUT2D eigenvalue weighted by Crippen LogP contribution is -2.58. The Hall–Kier alpha value is -6.57. The topological polar surface area (TPSA) is 105 Å². The molecule has 12 nitrogen and oxygen atoms in total. The molecule has 6 aromatic rings. The monoisotopic (exact) mass is 1010 g/mol. The smallest absolute Gasteiger partial charge is 0.257 e. The van der Waals surface area contributed by atoms with E-state index in [1.165, 1.54) is 29.5 Å². The molecule has 4 aliphatic heterocycles. The van der Waals surface area contributed by atoms with Gasteiger partial charge in [-0.1, -0.05) is 78.9 Å². The molecule has 75 heavy (non-hydrogen) atoms. The van der Waals surface area contributed by atoms with Crippen molar-refractivity contribution in [3.63, 3.8) is 0 Å². The van der Waals surface area contributed by atoms with Gasteiger partial charge in [0.2, 0.25) is 0 Å². The second-order valence-electron chi connectivity index (χ2n) is 21.9. The number of rotatable bonds is 12. The molecule has 0 N–H and O–H groups in total. The van der Waals surface area contributed by atoms with Crippen molar-refractivity contribution in [2.75, 3.05) is 62.2 Å². The molecule has 4 saturated heterocycles. The number of hydrogen-bond donors (Lipinski definition) is 0. The molecule has 4 aromatic carbocycles. The van der Waals surface area contributed by atoms with E-state index in [4.69, 9.17) is 0 Å². The molecule has 0 bridgehead atoms. The third-order valence-electron chi connectivity index (χ3n) is 17.1. The van der Waals surface area contributed by atoms with Crippen LogP contribution in [0.2, 0.25) is 0 Å². The molecule has 0 aliphatic carbocycles. The molecule has 10 rings (SSSR count). The molecule has 4 fully saturated rings. The van der Waals surface area contributed by atoms with E-state index in [2.05, 4.69) is 138 Å². The van der Waals surface area contributed by atoms with Gasteiger partial charge in [-0.15, -0.1) is 0 Å². The third kappa shape index (κ3) is 12.6. The lowest BCUT2D eigenvalue weighted by molar-refractivity contribution is 0.0166. The fourth-order valence-electron chi connectivity index (χ4n) is 12.2. The normalized spacial score (nSPS) is 18.4. The zero-order valence-electron chi connectivity index (χ0n) is 45.2. The quantitative estimate of drug-likeness (QED) is 0.118. The first kappa shape index (κ1) is 53.3. The maximum atomic E-state index is 13.7. The van der Waals surface area contributed by atoms with Crippen LogP contribution in [0.3, 0.4) is 0 Å². The molecular weight excluding hydrogens is 936 g/mol. The maximum absolute atomic E-state index is 13.7. The highest BCUT2D eigenvalue weighted by Gasteiger charge is 2.42. The van der Waals surface area contributed by atoms with Crippen molar-refractivity contribution >= 4 is 23.2 Å². The van der Waals surface area contributed by atoms with E-state index in [1.807, 2.05) is 55.7 Å². The fraction of sp³-hybridized carbons (Fsp3) is 0.452. The summed E-state index contributed by atoms with van der Waals surface area (Å²) in [6.45, 7) is 21.4. The van der Waals surface area contributed by atoms with Crippen molar-refractivity contribution in [2.45, 2.75) is 129 Å². The molecule has 0 atom stereocenters. The van der Waals surface area contributed by atoms with Gasteiger partial charge in [-0.05, 0) is 140 Å². The summed E-state index contributed by atoms with van der Waals surface area (Å²) in [6.07, 6.45) is 11.4. The molecule has 394 valence electrons. The number of carbonyl (C=O) groups is 2. The van der Waals surface area contributed by atoms with Gasteiger partial charge in [0, 0.05) is 100.0 Å². The van der Waals surface area contributed by atoms with Gasteiger partial charge >= 0.3 is 0 Å². The van der Waals surface area contributed by atoms with E-state index in [1.54, 1.807) is 12.1 Å². The number of hydrogen-bond acceptors (Lipinski definition) is 10. The van der Waals surface area contributed by atoms with Crippen molar-refractivity contribution in [3.8, 4) is 0 Å². The van der Waals surface area contributed by atoms with E-state index in [9.17, 15) is 14.0 Å². The molecule has 6 heterocycles. The van der Waals surface area contributed by atoms with E-state index >= 15 is 0 Å². The highest BCUT2D eigenvalue weighted by molar-refractivity contribution is 5.97. The first-order valence-electron chi connectivity index (χ1n) is 27.4. The molecule has 0 radical (unpaired) electrons. The van der Waals surface area contributed by atoms with Crippen LogP contribution in [-0.4, -0.2) is 127 Å². The van der Waals surface area contributed by atoms with Gasteiger partial charge in [-0.3, -0.25) is 19.4 Å². The SMILES string of the molecule is Cc1ncnc(C)c1C(=O)N1CCC(C)(N2CCC(N(Cc3ccccc3)c3ccc(F)cc3)CC2)CC1.Cc1ncnc(C)c1C(=O)N1CCC(C)(N2CCC(N(Cc3ccccc3)c3ccccc3)CC2)CC1. The Morgan fingerprint density at radius 1 is 0.480 bits per heavy atom. The minimum atomic E-state index is -0.203. The van der Waals surface area contributed by atoms with Gasteiger partial charge < -0.3 is 19.6 Å². The first-order valence-corrected chi connectivity index (χ1v) is 27.4. The molecule has 0 spiro atoms. The summed E-state index contributed by atoms with van der Waals surface area (Å²) in [5.74, 6) is -0.0703. The van der Waals surface area contributed by atoms with Crippen molar-refractivity contribution in [3.05, 3.63) is 179 Å². The number of likely N-dealkylation sites (tertiary alicyclic amines) is 4. The van der Waals surface area contributed by atoms with Crippen LogP contribution in [0.15, 0.2) is 128 Å². The number of aromatic nitrogens is 4. The average Bonchev–Trinajstić information content (AvgIpc) is 3.43. The van der Waals surface area contributed by atoms with Gasteiger partial charge in [-0.2, -0.15) is 0 Å². The van der Waals surface area contributed by atoms with Crippen LogP contribution in [0.1, 0.15) is 120 Å². The summed E-state index contributed by atoms with van der Waals surface area (Å²) >= 11 is 0. The van der Waals surface area contributed by atoms with E-state index in [-0.39, 0.29) is 28.7 Å². The van der Waals surface area contributed by atoms with Gasteiger partial charge in [0.05, 0.1) is 33.9 Å². The van der Waals surface area contributed by atoms with Crippen LogP contribution >= 0.6 is 0 Å². The Balaban J connectivity index is 0.000000184. The Morgan fingerprint density at radius 3 is 1.15 bits per heavy atom. The lowest BCUT2D eigenvalue weighted by Gasteiger charge is -2.50. The van der Waals surface area contributed by atoms with Crippen molar-refractivity contribution < 1.29 is 14.0 Å². The number of amides is 2. The summed E-state index contributed by atoms with van der Waals surface area (Å²) in [5.41, 5.74) is 9.57. The highest BCUT2D eigenvalue weighted by atomic mass is 19.1. The molecule has 4 aliphatic rings. The second-order valence-corrected chi connectivity index (χ2v) is 21.9. The van der Waals surface area contributed by atoms with Crippen molar-refractivity contribution in [1.82, 2.24) is 39.5 Å². The van der Waals surface area contributed by atoms with Gasteiger partial charge in [0.1, 0.15) is 18.5 Å². The van der Waals surface area contributed by atoms with Crippen LogP contribution in [0.25, 0.3) is 0 Å². The number of para-hydroxylation sites is 1. The Morgan fingerprint density at radius 2 is 0.800 bits per heavy atom. The Kier molecular flexibility index (Phi) is 17.0. The fourth-order valence-corrected chi connectivity index (χ4v) is 12.2. The largest absolute Gasteiger partial charge is 0.364 e. The summed E-state index contributed by atoms with van der Waals surface area (Å²) in [5, 5.41) is 0. The molecule has 2 aromatic heterocycles. The second kappa shape index (κ2) is 24.0. The zero-order chi connectivity index (χ0) is 52.5. The minimum Gasteiger partial charge on any atom is -0.364 e. The molecular formula is C62H77FN10O2. The summed E-state index contributed by atoms with van der Waals surface area (Å²) < 4.78 is 13.7. The van der Waals surface area contributed by atoms with Crippen LogP contribution in [0, 0.1) is 33.5 Å². The van der Waals surface area contributed by atoms with Crippen LogP contribution in [0.5, 0.6) is 0 Å². The molecule has 13 heteroatoms. The standard InChI is InChI=1S/C31H38FN5O.C31H39N5O/c1-23-29(24(2)34-22-33-23)30(38)35-19-15-31(3,16-20-35)36-17-13-28(14-18-36)37(21-25-7-5-4-6-8-25)27-11-9-26(32)10-12-27;1-24-29(25(2)33-23-32-24)30(37)34-20-16-31(3,17-21-34)35-18-14-28(15-19-35)36(27-12-8-5-9-13-27)22-26-10-6-4-7-11-26/h4-12,22,28H,13-21H2,1-3H3;4-13,23,28H,14-22H2,1-3H3. The molecule has 0 saturated carbocycles. The van der Waals surface area contributed by atoms with Crippen molar-refractivity contribution in [1.29, 1.82) is 0 Å². The van der Waals surface area contributed by atoms with Gasteiger partial charge in [0.15, 0.2) is 0 Å². The number of aryl methyl sites for hydroxylation is 4. The predicted molar refractivity (Wildman–Crippen MR) is 297 cm³/mol. The van der Waals surface area contributed by atoms with E-state index in [0.29, 0.717) is 23.2 Å². The molecule has 2 amide bonds. The third-order valence-corrected chi connectivity index (χ3v) is 17.1. The zero-order valence-corrected chi connectivity index (χ0v) is 45.2. The van der Waals surface area contributed by atoms with Gasteiger partial charge in [-0.25, -0.2) is 24.3 Å². The number of carbonyl (C=O) groups excluding carboxylic acids is 2. The number of benzene rings is 4. The van der Waals surface area contributed by atoms with Crippen LogP contribution < -0.4 is 9.80 Å². The summed E-state index contributed by atoms with van der Waals surface area (Å²) in [7, 11) is 0. The first-order chi connectivity index (χ1) is 36.3. The Bertz CT molecular complexity index is 2760. The number of nitrogens with zero attached hydrogens (tertiary/aromatic N) is 10. The summed E-state index contributed by atoms with van der Waals surface area (Å²) in [6, 6.07) is 40.0. The van der Waals surface area contributed by atoms with Crippen molar-refractivity contribution in [2.24, 2.45) is 0 Å². The van der Waals surface area contributed by atoms with E-state index < -0.39 is 0 Å². The minimum absolute atomic E-state index is 0.0530. The summed E-state index contributed by atoms with van der Waals surface area (Å²) in [4.78, 5) is 57.9. The number of piperidine rings is 4. The van der Waals surface area contributed by atoms with E-state index in [0.717, 1.165) is 145 Å². The highest BCUT2D eigenvalue weighted by Crippen LogP contribution is 2.36. The van der Waals surface area contributed by atoms with Crippen LogP contribution in [-0.2, 0) is 13.1 Å². The van der Waals surface area contributed by atoms with Gasteiger partial charge in [0.25, 0.3) is 11.8 Å². The predicted octanol–water partition coefficient (Wildman–Crippen LogP) is 10.7. The average molecular weight is 1010 g/mol. The number of halogens is 1. The molecule has 0 unspecified atom stereocenters. The lowest BCUT2D eigenvalue weighted by atomic mass is 9.85. The number of anilines is 2.